The van der Waals surface area contributed by atoms with Crippen molar-refractivity contribution in [2.75, 3.05) is 25.6 Å². The third-order valence-corrected chi connectivity index (χ3v) is 4.20. The van der Waals surface area contributed by atoms with Crippen LogP contribution < -0.4 is 10.1 Å². The van der Waals surface area contributed by atoms with Gasteiger partial charge in [0.15, 0.2) is 0 Å². The van der Waals surface area contributed by atoms with Gasteiger partial charge in [0.25, 0.3) is 5.91 Å². The number of carbonyl (C=O) groups excluding carboxylic acids is 1. The first-order valence-electron chi connectivity index (χ1n) is 8.59. The van der Waals surface area contributed by atoms with Crippen LogP contribution in [0.25, 0.3) is 0 Å². The second-order valence-corrected chi connectivity index (χ2v) is 6.13. The second kappa shape index (κ2) is 8.78. The molecule has 0 radical (unpaired) electrons. The number of carbonyl (C=O) groups is 1. The maximum Gasteiger partial charge on any atom is 0.259 e. The molecular formula is C20H22FNO4. The zero-order valence-corrected chi connectivity index (χ0v) is 14.7. The predicted octanol–water partition coefficient (Wildman–Crippen LogP) is 3.78. The minimum atomic E-state index is -0.379. The molecule has 1 heterocycles. The summed E-state index contributed by atoms with van der Waals surface area (Å²) in [6, 6.07) is 11.2. The molecule has 0 aliphatic carbocycles. The Bertz CT molecular complexity index is 759. The van der Waals surface area contributed by atoms with Gasteiger partial charge in [0.05, 0.1) is 18.3 Å². The molecule has 2 aromatic rings. The number of hydrogen-bond acceptors (Lipinski definition) is 4. The number of hydrogen-bond donors (Lipinski definition) is 1. The molecule has 1 fully saturated rings. The summed E-state index contributed by atoms with van der Waals surface area (Å²) in [5.74, 6) is -0.205. The monoisotopic (exact) mass is 359 g/mol. The molecule has 1 N–H and O–H groups in total. The molecule has 1 unspecified atom stereocenters. The maximum atomic E-state index is 13.4. The van der Waals surface area contributed by atoms with Crippen molar-refractivity contribution in [3.63, 3.8) is 0 Å². The van der Waals surface area contributed by atoms with Crippen LogP contribution in [-0.4, -0.2) is 32.3 Å². The Kier molecular flexibility index (Phi) is 6.20. The number of rotatable bonds is 7. The van der Waals surface area contributed by atoms with Crippen molar-refractivity contribution in [3.8, 4) is 5.75 Å². The zero-order valence-electron chi connectivity index (χ0n) is 14.7. The van der Waals surface area contributed by atoms with E-state index in [9.17, 15) is 9.18 Å². The highest BCUT2D eigenvalue weighted by Gasteiger charge is 2.19. The van der Waals surface area contributed by atoms with E-state index in [1.54, 1.807) is 18.2 Å². The van der Waals surface area contributed by atoms with Gasteiger partial charge in [-0.05, 0) is 43.2 Å². The largest absolute Gasteiger partial charge is 0.490 e. The van der Waals surface area contributed by atoms with Crippen molar-refractivity contribution >= 4 is 11.6 Å². The predicted molar refractivity (Wildman–Crippen MR) is 96.0 cm³/mol. The molecule has 0 saturated carbocycles. The Balaban J connectivity index is 1.73. The molecule has 5 nitrogen and oxygen atoms in total. The van der Waals surface area contributed by atoms with Gasteiger partial charge in [0, 0.05) is 25.0 Å². The van der Waals surface area contributed by atoms with Gasteiger partial charge in [-0.1, -0.05) is 12.1 Å². The Morgan fingerprint density at radius 2 is 2.15 bits per heavy atom. The molecule has 1 aliphatic rings. The number of halogens is 1. The van der Waals surface area contributed by atoms with Gasteiger partial charge in [-0.25, -0.2) is 4.39 Å². The molecule has 1 atom stereocenters. The topological polar surface area (TPSA) is 56.8 Å². The minimum Gasteiger partial charge on any atom is -0.490 e. The lowest BCUT2D eigenvalue weighted by atomic mass is 10.1. The number of methoxy groups -OCH3 is 1. The fraction of sp³-hybridized carbons (Fsp3) is 0.350. The van der Waals surface area contributed by atoms with Crippen LogP contribution in [0.2, 0.25) is 0 Å². The summed E-state index contributed by atoms with van der Waals surface area (Å²) < 4.78 is 29.9. The first kappa shape index (κ1) is 18.4. The summed E-state index contributed by atoms with van der Waals surface area (Å²) in [6.07, 6.45) is 2.06. The Labute approximate surface area is 152 Å². The highest BCUT2D eigenvalue weighted by atomic mass is 19.1. The fourth-order valence-electron chi connectivity index (χ4n) is 2.89. The Morgan fingerprint density at radius 1 is 1.31 bits per heavy atom. The molecule has 6 heteroatoms. The van der Waals surface area contributed by atoms with Crippen molar-refractivity contribution < 1.29 is 23.4 Å². The van der Waals surface area contributed by atoms with Gasteiger partial charge in [-0.3, -0.25) is 4.79 Å². The summed E-state index contributed by atoms with van der Waals surface area (Å²) >= 11 is 0. The smallest absolute Gasteiger partial charge is 0.259 e. The van der Waals surface area contributed by atoms with E-state index < -0.39 is 0 Å². The summed E-state index contributed by atoms with van der Waals surface area (Å²) in [7, 11) is 1.52. The number of nitrogens with one attached hydrogen (secondary N) is 1. The van der Waals surface area contributed by atoms with Crippen LogP contribution in [0, 0.1) is 5.82 Å². The lowest BCUT2D eigenvalue weighted by molar-refractivity contribution is 0.0673. The van der Waals surface area contributed by atoms with Crippen LogP contribution in [0.3, 0.4) is 0 Å². The van der Waals surface area contributed by atoms with Crippen LogP contribution in [0.4, 0.5) is 10.1 Å². The molecule has 0 bridgehead atoms. The van der Waals surface area contributed by atoms with Crippen molar-refractivity contribution in [2.45, 2.75) is 25.6 Å². The third kappa shape index (κ3) is 4.59. The van der Waals surface area contributed by atoms with Gasteiger partial charge in [0.2, 0.25) is 0 Å². The van der Waals surface area contributed by atoms with E-state index in [0.29, 0.717) is 29.2 Å². The van der Waals surface area contributed by atoms with E-state index in [1.165, 1.54) is 25.3 Å². The zero-order chi connectivity index (χ0) is 18.4. The van der Waals surface area contributed by atoms with Gasteiger partial charge in [-0.15, -0.1) is 0 Å². The molecule has 3 rings (SSSR count). The van der Waals surface area contributed by atoms with Gasteiger partial charge < -0.3 is 19.5 Å². The first-order chi connectivity index (χ1) is 12.7. The molecule has 1 saturated heterocycles. The van der Waals surface area contributed by atoms with E-state index >= 15 is 0 Å². The molecule has 2 aromatic carbocycles. The maximum absolute atomic E-state index is 13.4. The number of amides is 1. The summed E-state index contributed by atoms with van der Waals surface area (Å²) in [5.41, 5.74) is 1.49. The highest BCUT2D eigenvalue weighted by Crippen LogP contribution is 2.24. The highest BCUT2D eigenvalue weighted by molar-refractivity contribution is 6.06. The quantitative estimate of drug-likeness (QED) is 0.817. The van der Waals surface area contributed by atoms with Crippen LogP contribution in [0.5, 0.6) is 5.75 Å². The van der Waals surface area contributed by atoms with Crippen molar-refractivity contribution in [3.05, 3.63) is 59.4 Å². The van der Waals surface area contributed by atoms with E-state index in [0.717, 1.165) is 19.4 Å². The molecule has 0 aromatic heterocycles. The van der Waals surface area contributed by atoms with Gasteiger partial charge in [-0.2, -0.15) is 0 Å². The van der Waals surface area contributed by atoms with Crippen LogP contribution in [0.1, 0.15) is 28.8 Å². The number of anilines is 1. The van der Waals surface area contributed by atoms with Crippen molar-refractivity contribution in [1.29, 1.82) is 0 Å². The summed E-state index contributed by atoms with van der Waals surface area (Å²) in [5, 5.41) is 2.81. The first-order valence-corrected chi connectivity index (χ1v) is 8.59. The minimum absolute atomic E-state index is 0.0662. The molecule has 1 amide bonds. The molecule has 0 spiro atoms. The second-order valence-electron chi connectivity index (χ2n) is 6.13. The van der Waals surface area contributed by atoms with E-state index in [2.05, 4.69) is 5.32 Å². The lowest BCUT2D eigenvalue weighted by Gasteiger charge is -2.15. The number of para-hydroxylation sites is 1. The van der Waals surface area contributed by atoms with Gasteiger partial charge in [0.1, 0.15) is 18.2 Å². The number of ether oxygens (including phenoxy) is 3. The Morgan fingerprint density at radius 3 is 2.92 bits per heavy atom. The molecule has 26 heavy (non-hydrogen) atoms. The molecule has 138 valence electrons. The van der Waals surface area contributed by atoms with Crippen molar-refractivity contribution in [2.24, 2.45) is 0 Å². The van der Waals surface area contributed by atoms with E-state index in [1.807, 2.05) is 6.07 Å². The average Bonchev–Trinajstić information content (AvgIpc) is 3.16. The van der Waals surface area contributed by atoms with E-state index in [4.69, 9.17) is 14.2 Å². The third-order valence-electron chi connectivity index (χ3n) is 4.20. The number of benzene rings is 2. The molecule has 1 aliphatic heterocycles. The van der Waals surface area contributed by atoms with E-state index in [-0.39, 0.29) is 24.4 Å². The summed E-state index contributed by atoms with van der Waals surface area (Å²) in [4.78, 5) is 12.7. The van der Waals surface area contributed by atoms with Crippen LogP contribution >= 0.6 is 0 Å². The van der Waals surface area contributed by atoms with Crippen LogP contribution in [-0.2, 0) is 16.1 Å². The lowest BCUT2D eigenvalue weighted by Crippen LogP contribution is -2.19. The standard InChI is InChI=1S/C20H22FNO4/c1-24-12-14-11-15(21)8-9-18(14)22-20(23)17-6-2-3-7-19(17)26-13-16-5-4-10-25-16/h2-3,6-9,11,16H,4-5,10,12-13H2,1H3,(H,22,23). The Hall–Kier alpha value is -2.44. The normalized spacial score (nSPS) is 16.5. The fourth-order valence-corrected chi connectivity index (χ4v) is 2.89. The van der Waals surface area contributed by atoms with Crippen LogP contribution in [0.15, 0.2) is 42.5 Å². The molecular weight excluding hydrogens is 337 g/mol. The SMILES string of the molecule is COCc1cc(F)ccc1NC(=O)c1ccccc1OCC1CCCO1. The summed E-state index contributed by atoms with van der Waals surface area (Å²) in [6.45, 7) is 1.36. The van der Waals surface area contributed by atoms with Gasteiger partial charge >= 0.3 is 0 Å². The van der Waals surface area contributed by atoms with Crippen molar-refractivity contribution in [1.82, 2.24) is 0 Å². The average molecular weight is 359 g/mol.